The van der Waals surface area contributed by atoms with Crippen molar-refractivity contribution >= 4 is 21.8 Å². The van der Waals surface area contributed by atoms with Crippen LogP contribution in [0.3, 0.4) is 0 Å². The van der Waals surface area contributed by atoms with Crippen molar-refractivity contribution < 1.29 is 14.3 Å². The molecule has 0 radical (unpaired) electrons. The lowest BCUT2D eigenvalue weighted by molar-refractivity contribution is 0.0749. The molecule has 0 N–H and O–H groups in total. The van der Waals surface area contributed by atoms with Crippen LogP contribution in [0, 0.1) is 0 Å². The summed E-state index contributed by atoms with van der Waals surface area (Å²) in [6.07, 6.45) is 3.60. The minimum absolute atomic E-state index is 0.0231. The van der Waals surface area contributed by atoms with E-state index in [2.05, 4.69) is 21.0 Å². The topological polar surface area (TPSA) is 56.6 Å². The van der Waals surface area contributed by atoms with Crippen LogP contribution in [0.2, 0.25) is 0 Å². The van der Waals surface area contributed by atoms with E-state index < -0.39 is 0 Å². The summed E-state index contributed by atoms with van der Waals surface area (Å²) in [5.41, 5.74) is 2.48. The maximum absolute atomic E-state index is 13.0. The summed E-state index contributed by atoms with van der Waals surface area (Å²) in [5, 5.41) is 4.26. The van der Waals surface area contributed by atoms with Crippen LogP contribution >= 0.6 is 15.9 Å². The molecule has 0 unspecified atom stereocenters. The van der Waals surface area contributed by atoms with E-state index in [1.807, 2.05) is 55.6 Å². The molecule has 2 heterocycles. The molecule has 0 aliphatic carbocycles. The second-order valence-corrected chi connectivity index (χ2v) is 7.33. The molecule has 0 saturated carbocycles. The van der Waals surface area contributed by atoms with Crippen LogP contribution in [-0.2, 0) is 6.54 Å². The Hall–Kier alpha value is -2.80. The number of hydrogen-bond acceptors (Lipinski definition) is 4. The molecule has 1 aliphatic heterocycles. The fourth-order valence-corrected chi connectivity index (χ4v) is 3.46. The van der Waals surface area contributed by atoms with Gasteiger partial charge < -0.3 is 14.4 Å². The number of ether oxygens (including phenoxy) is 2. The van der Waals surface area contributed by atoms with E-state index in [4.69, 9.17) is 9.47 Å². The highest BCUT2D eigenvalue weighted by atomic mass is 79.9. The predicted molar refractivity (Wildman–Crippen MR) is 109 cm³/mol. The number of hydrogen-bond donors (Lipinski definition) is 0. The zero-order chi connectivity index (χ0) is 19.5. The van der Waals surface area contributed by atoms with Crippen LogP contribution in [0.25, 0.3) is 5.69 Å². The Kier molecular flexibility index (Phi) is 5.34. The molecule has 0 atom stereocenters. The van der Waals surface area contributed by atoms with Crippen molar-refractivity contribution in [3.8, 4) is 17.2 Å². The third-order valence-corrected chi connectivity index (χ3v) is 5.02. The number of fused-ring (bicyclic) bond motifs is 1. The predicted octanol–water partition coefficient (Wildman–Crippen LogP) is 4.07. The van der Waals surface area contributed by atoms with Crippen LogP contribution in [0.1, 0.15) is 22.8 Å². The lowest BCUT2D eigenvalue weighted by Gasteiger charge is -2.25. The number of amides is 1. The second kappa shape index (κ2) is 8.06. The van der Waals surface area contributed by atoms with E-state index in [-0.39, 0.29) is 5.91 Å². The molecule has 28 heavy (non-hydrogen) atoms. The highest BCUT2D eigenvalue weighted by molar-refractivity contribution is 9.10. The number of para-hydroxylation sites is 1. The first-order valence-corrected chi connectivity index (χ1v) is 9.92. The summed E-state index contributed by atoms with van der Waals surface area (Å²) in [5.74, 6) is 1.45. The lowest BCUT2D eigenvalue weighted by Crippen LogP contribution is -2.31. The van der Waals surface area contributed by atoms with Crippen molar-refractivity contribution in [1.82, 2.24) is 14.7 Å². The van der Waals surface area contributed by atoms with Gasteiger partial charge in [-0.15, -0.1) is 0 Å². The molecule has 1 amide bonds. The van der Waals surface area contributed by atoms with Crippen molar-refractivity contribution in [3.63, 3.8) is 0 Å². The van der Waals surface area contributed by atoms with Gasteiger partial charge in [0.05, 0.1) is 16.4 Å². The number of benzene rings is 2. The minimum atomic E-state index is -0.0231. The normalized spacial score (nSPS) is 12.6. The molecular formula is C21H20BrN3O3. The Morgan fingerprint density at radius 3 is 2.68 bits per heavy atom. The molecule has 6 nitrogen and oxygen atoms in total. The smallest absolute Gasteiger partial charge is 0.254 e. The van der Waals surface area contributed by atoms with Crippen LogP contribution in [0.15, 0.2) is 59.3 Å². The lowest BCUT2D eigenvalue weighted by atomic mass is 10.1. The van der Waals surface area contributed by atoms with Crippen molar-refractivity contribution in [2.75, 3.05) is 19.8 Å². The van der Waals surface area contributed by atoms with Crippen LogP contribution in [-0.4, -0.2) is 40.3 Å². The summed E-state index contributed by atoms with van der Waals surface area (Å²) in [7, 11) is 0. The largest absolute Gasteiger partial charge is 0.486 e. The first-order valence-electron chi connectivity index (χ1n) is 9.13. The zero-order valence-corrected chi connectivity index (χ0v) is 17.1. The maximum atomic E-state index is 13.0. The van der Waals surface area contributed by atoms with E-state index in [1.54, 1.807) is 15.8 Å². The average molecular weight is 442 g/mol. The van der Waals surface area contributed by atoms with Crippen molar-refractivity contribution in [3.05, 3.63) is 70.5 Å². The molecule has 7 heteroatoms. The van der Waals surface area contributed by atoms with Gasteiger partial charge in [-0.3, -0.25) is 4.79 Å². The Bertz CT molecular complexity index is 985. The number of nitrogens with zero attached hydrogens (tertiary/aromatic N) is 3. The number of carbonyl (C=O) groups excluding carboxylic acids is 1. The zero-order valence-electron chi connectivity index (χ0n) is 15.5. The summed E-state index contributed by atoms with van der Waals surface area (Å²) in [6.45, 7) is 4.11. The van der Waals surface area contributed by atoms with Gasteiger partial charge in [-0.2, -0.15) is 5.10 Å². The van der Waals surface area contributed by atoms with Gasteiger partial charge >= 0.3 is 0 Å². The second-order valence-electron chi connectivity index (χ2n) is 6.41. The van der Waals surface area contributed by atoms with Gasteiger partial charge in [0, 0.05) is 30.4 Å². The van der Waals surface area contributed by atoms with E-state index in [0.717, 1.165) is 27.2 Å². The first-order chi connectivity index (χ1) is 13.7. The monoisotopic (exact) mass is 441 g/mol. The molecule has 0 spiro atoms. The molecule has 4 rings (SSSR count). The summed E-state index contributed by atoms with van der Waals surface area (Å²) in [6, 6.07) is 13.2. The van der Waals surface area contributed by atoms with Gasteiger partial charge in [0.25, 0.3) is 5.91 Å². The van der Waals surface area contributed by atoms with Gasteiger partial charge in [-0.1, -0.05) is 12.1 Å². The number of carbonyl (C=O) groups is 1. The molecule has 2 aromatic carbocycles. The summed E-state index contributed by atoms with van der Waals surface area (Å²) >= 11 is 3.39. The Morgan fingerprint density at radius 1 is 1.18 bits per heavy atom. The minimum Gasteiger partial charge on any atom is -0.486 e. The van der Waals surface area contributed by atoms with Crippen molar-refractivity contribution in [1.29, 1.82) is 0 Å². The van der Waals surface area contributed by atoms with E-state index in [0.29, 0.717) is 31.9 Å². The van der Waals surface area contributed by atoms with Crippen LogP contribution in [0.5, 0.6) is 11.5 Å². The summed E-state index contributed by atoms with van der Waals surface area (Å²) < 4.78 is 14.1. The molecule has 3 aromatic rings. The van der Waals surface area contributed by atoms with Crippen LogP contribution < -0.4 is 9.47 Å². The SMILES string of the molecule is CCN(Cc1cccc2c1OCCO2)C(=O)c1ccc(-n2cc(Br)cn2)cc1. The Morgan fingerprint density at radius 2 is 1.96 bits per heavy atom. The van der Waals surface area contributed by atoms with Crippen molar-refractivity contribution in [2.24, 2.45) is 0 Å². The van der Waals surface area contributed by atoms with Gasteiger partial charge in [0.15, 0.2) is 11.5 Å². The van der Waals surface area contributed by atoms with Crippen molar-refractivity contribution in [2.45, 2.75) is 13.5 Å². The average Bonchev–Trinajstić information content (AvgIpc) is 3.18. The van der Waals surface area contributed by atoms with Gasteiger partial charge in [-0.25, -0.2) is 4.68 Å². The Labute approximate surface area is 171 Å². The van der Waals surface area contributed by atoms with Gasteiger partial charge in [0.1, 0.15) is 13.2 Å². The molecular weight excluding hydrogens is 422 g/mol. The van der Waals surface area contributed by atoms with Gasteiger partial charge in [-0.05, 0) is 53.2 Å². The van der Waals surface area contributed by atoms with E-state index in [1.165, 1.54) is 0 Å². The number of rotatable bonds is 5. The van der Waals surface area contributed by atoms with Crippen LogP contribution in [0.4, 0.5) is 0 Å². The number of aromatic nitrogens is 2. The molecule has 1 aliphatic rings. The molecule has 0 bridgehead atoms. The summed E-state index contributed by atoms with van der Waals surface area (Å²) in [4.78, 5) is 14.8. The third-order valence-electron chi connectivity index (χ3n) is 4.61. The maximum Gasteiger partial charge on any atom is 0.254 e. The fraction of sp³-hybridized carbons (Fsp3) is 0.238. The fourth-order valence-electron chi connectivity index (χ4n) is 3.17. The standard InChI is InChI=1S/C21H20BrN3O3/c1-2-24(13-16-4-3-5-19-20(16)28-11-10-27-19)21(26)15-6-8-18(9-7-15)25-14-17(22)12-23-25/h3-9,12,14H,2,10-11,13H2,1H3. The molecule has 144 valence electrons. The highest BCUT2D eigenvalue weighted by Crippen LogP contribution is 2.34. The third kappa shape index (κ3) is 3.75. The first kappa shape index (κ1) is 18.6. The molecule has 0 saturated heterocycles. The highest BCUT2D eigenvalue weighted by Gasteiger charge is 2.20. The number of halogens is 1. The van der Waals surface area contributed by atoms with E-state index >= 15 is 0 Å². The molecule has 0 fully saturated rings. The Balaban J connectivity index is 1.53. The molecule has 1 aromatic heterocycles. The quantitative estimate of drug-likeness (QED) is 0.598. The van der Waals surface area contributed by atoms with Gasteiger partial charge in [0.2, 0.25) is 0 Å². The van der Waals surface area contributed by atoms with E-state index in [9.17, 15) is 4.79 Å².